The van der Waals surface area contributed by atoms with E-state index in [0.29, 0.717) is 58.0 Å². The smallest absolute Gasteiger partial charge is 0.260 e. The van der Waals surface area contributed by atoms with Gasteiger partial charge in [-0.05, 0) is 24.1 Å². The van der Waals surface area contributed by atoms with Crippen LogP contribution in [0.3, 0.4) is 0 Å². The van der Waals surface area contributed by atoms with Gasteiger partial charge in [0.15, 0.2) is 5.03 Å². The molecule has 0 spiro atoms. The molecule has 2 atom stereocenters. The molecule has 0 radical (unpaired) electrons. The van der Waals surface area contributed by atoms with E-state index in [1.54, 1.807) is 11.0 Å². The van der Waals surface area contributed by atoms with Crippen molar-refractivity contribution in [3.05, 3.63) is 23.9 Å². The normalized spacial score (nSPS) is 26.7. The Morgan fingerprint density at radius 1 is 1.10 bits per heavy atom. The Kier molecular flexibility index (Phi) is 7.19. The summed E-state index contributed by atoms with van der Waals surface area (Å²) >= 11 is 0. The Labute approximate surface area is 183 Å². The first-order chi connectivity index (χ1) is 15.0. The van der Waals surface area contributed by atoms with Crippen LogP contribution in [0.25, 0.3) is 0 Å². The molecule has 2 unspecified atom stereocenters. The fraction of sp³-hybridized carbons (Fsp3) is 0.700. The highest BCUT2D eigenvalue weighted by molar-refractivity contribution is 7.89. The molecule has 0 saturated carbocycles. The number of pyridine rings is 1. The molecule has 3 aliphatic heterocycles. The van der Waals surface area contributed by atoms with Gasteiger partial charge < -0.3 is 20.1 Å². The topological polar surface area (TPSA) is 118 Å². The van der Waals surface area contributed by atoms with Gasteiger partial charge in [0.05, 0.1) is 32.3 Å². The van der Waals surface area contributed by atoms with Crippen LogP contribution in [0.1, 0.15) is 12.0 Å². The van der Waals surface area contributed by atoms with Gasteiger partial charge in [-0.1, -0.05) is 0 Å². The largest absolute Gasteiger partial charge is 0.379 e. The van der Waals surface area contributed by atoms with Crippen LogP contribution in [0, 0.1) is 5.92 Å². The van der Waals surface area contributed by atoms with Crippen molar-refractivity contribution < 1.29 is 22.7 Å². The van der Waals surface area contributed by atoms with E-state index in [9.17, 15) is 13.2 Å². The minimum absolute atomic E-state index is 0.00475. The highest BCUT2D eigenvalue weighted by Crippen LogP contribution is 2.28. The summed E-state index contributed by atoms with van der Waals surface area (Å²) in [6.45, 7) is 5.56. The lowest BCUT2D eigenvalue weighted by molar-refractivity contribution is -0.142. The first kappa shape index (κ1) is 22.6. The van der Waals surface area contributed by atoms with Gasteiger partial charge in [-0.25, -0.2) is 13.4 Å². The molecule has 11 heteroatoms. The molecule has 3 aliphatic rings. The number of nitrogens with zero attached hydrogens (tertiary/aromatic N) is 4. The number of piperidine rings is 1. The fourth-order valence-corrected chi connectivity index (χ4v) is 6.01. The predicted molar refractivity (Wildman–Crippen MR) is 113 cm³/mol. The van der Waals surface area contributed by atoms with E-state index >= 15 is 0 Å². The third-order valence-electron chi connectivity index (χ3n) is 6.27. The zero-order valence-corrected chi connectivity index (χ0v) is 18.5. The lowest BCUT2D eigenvalue weighted by Gasteiger charge is -2.43. The number of nitrogens with two attached hydrogens (primary N) is 1. The van der Waals surface area contributed by atoms with Gasteiger partial charge in [-0.3, -0.25) is 9.69 Å². The van der Waals surface area contributed by atoms with Gasteiger partial charge >= 0.3 is 0 Å². The molecule has 1 aromatic heterocycles. The molecular weight excluding hydrogens is 422 g/mol. The Morgan fingerprint density at radius 2 is 1.77 bits per heavy atom. The van der Waals surface area contributed by atoms with Crippen LogP contribution in [0.5, 0.6) is 0 Å². The van der Waals surface area contributed by atoms with Crippen LogP contribution in [-0.4, -0.2) is 105 Å². The number of rotatable bonds is 5. The van der Waals surface area contributed by atoms with Crippen molar-refractivity contribution >= 4 is 15.9 Å². The second-order valence-corrected chi connectivity index (χ2v) is 10.1. The lowest BCUT2D eigenvalue weighted by Crippen LogP contribution is -2.58. The number of amides is 1. The summed E-state index contributed by atoms with van der Waals surface area (Å²) in [7, 11) is -3.85. The average Bonchev–Trinajstić information content (AvgIpc) is 2.84. The molecule has 4 rings (SSSR count). The summed E-state index contributed by atoms with van der Waals surface area (Å²) in [6.07, 6.45) is 2.10. The van der Waals surface area contributed by atoms with E-state index < -0.39 is 15.9 Å². The van der Waals surface area contributed by atoms with E-state index in [0.717, 1.165) is 13.1 Å². The van der Waals surface area contributed by atoms with Gasteiger partial charge in [-0.15, -0.1) is 0 Å². The number of morpholine rings is 2. The summed E-state index contributed by atoms with van der Waals surface area (Å²) in [6, 6.07) is 3.18. The molecule has 172 valence electrons. The lowest BCUT2D eigenvalue weighted by atomic mass is 9.93. The minimum atomic E-state index is -3.85. The van der Waals surface area contributed by atoms with Gasteiger partial charge in [-0.2, -0.15) is 4.31 Å². The zero-order chi connectivity index (χ0) is 21.8. The van der Waals surface area contributed by atoms with Crippen molar-refractivity contribution in [1.29, 1.82) is 0 Å². The molecule has 2 N–H and O–H groups in total. The van der Waals surface area contributed by atoms with Gasteiger partial charge in [0, 0.05) is 58.1 Å². The van der Waals surface area contributed by atoms with Crippen LogP contribution < -0.4 is 5.73 Å². The van der Waals surface area contributed by atoms with E-state index in [1.165, 1.54) is 16.6 Å². The SMILES string of the molecule is NCc1ccnc(S(=O)(=O)N2CC(C(=O)N3CCOCC3)CC(N3CCOCC3)C2)c1. The molecular formula is C20H31N5O5S. The average molecular weight is 454 g/mol. The van der Waals surface area contributed by atoms with Crippen molar-refractivity contribution in [3.8, 4) is 0 Å². The highest BCUT2D eigenvalue weighted by atomic mass is 32.2. The molecule has 0 aliphatic carbocycles. The first-order valence-electron chi connectivity index (χ1n) is 10.8. The van der Waals surface area contributed by atoms with Gasteiger partial charge in [0.2, 0.25) is 5.91 Å². The van der Waals surface area contributed by atoms with Crippen LogP contribution >= 0.6 is 0 Å². The van der Waals surface area contributed by atoms with Crippen molar-refractivity contribution in [2.45, 2.75) is 24.0 Å². The number of hydrogen-bond acceptors (Lipinski definition) is 8. The van der Waals surface area contributed by atoms with Crippen LogP contribution in [0.2, 0.25) is 0 Å². The summed E-state index contributed by atoms with van der Waals surface area (Å²) in [5, 5.41) is -0.0179. The van der Waals surface area contributed by atoms with E-state index in [2.05, 4.69) is 9.88 Å². The van der Waals surface area contributed by atoms with Crippen LogP contribution in [-0.2, 0) is 30.8 Å². The van der Waals surface area contributed by atoms with Gasteiger partial charge in [0.1, 0.15) is 0 Å². The second kappa shape index (κ2) is 9.88. The summed E-state index contributed by atoms with van der Waals surface area (Å²) < 4.78 is 39.2. The van der Waals surface area contributed by atoms with E-state index in [-0.39, 0.29) is 30.1 Å². The molecule has 1 aromatic rings. The maximum atomic E-state index is 13.5. The van der Waals surface area contributed by atoms with Crippen molar-refractivity contribution in [2.75, 3.05) is 65.7 Å². The van der Waals surface area contributed by atoms with Crippen LogP contribution in [0.15, 0.2) is 23.4 Å². The molecule has 0 bridgehead atoms. The third kappa shape index (κ3) is 5.07. The fourth-order valence-electron chi connectivity index (χ4n) is 4.51. The predicted octanol–water partition coefficient (Wildman–Crippen LogP) is -0.889. The van der Waals surface area contributed by atoms with E-state index in [4.69, 9.17) is 15.2 Å². The van der Waals surface area contributed by atoms with Gasteiger partial charge in [0.25, 0.3) is 10.0 Å². The first-order valence-corrected chi connectivity index (χ1v) is 12.3. The molecule has 3 fully saturated rings. The number of sulfonamides is 1. The van der Waals surface area contributed by atoms with Crippen LogP contribution in [0.4, 0.5) is 0 Å². The number of carbonyl (C=O) groups excluding carboxylic acids is 1. The number of aromatic nitrogens is 1. The Bertz CT molecular complexity index is 870. The summed E-state index contributed by atoms with van der Waals surface area (Å²) in [5.74, 6) is -0.391. The molecule has 1 amide bonds. The van der Waals surface area contributed by atoms with Crippen molar-refractivity contribution in [2.24, 2.45) is 11.7 Å². The Hall–Kier alpha value is -1.63. The molecule has 31 heavy (non-hydrogen) atoms. The number of hydrogen-bond donors (Lipinski definition) is 1. The molecule has 4 heterocycles. The summed E-state index contributed by atoms with van der Waals surface area (Å²) in [5.41, 5.74) is 6.39. The second-order valence-electron chi connectivity index (χ2n) is 8.20. The molecule has 0 aromatic carbocycles. The standard InChI is InChI=1S/C20H31N5O5S/c21-13-16-1-2-22-19(11-16)31(27,28)25-14-17(20(26)24-5-9-30-10-6-24)12-18(15-25)23-3-7-29-8-4-23/h1-2,11,17-18H,3-10,12-15,21H2. The summed E-state index contributed by atoms with van der Waals surface area (Å²) in [4.78, 5) is 21.4. The Morgan fingerprint density at radius 3 is 2.45 bits per heavy atom. The maximum Gasteiger partial charge on any atom is 0.260 e. The van der Waals surface area contributed by atoms with Crippen molar-refractivity contribution in [1.82, 2.24) is 19.1 Å². The maximum absolute atomic E-state index is 13.5. The highest BCUT2D eigenvalue weighted by Gasteiger charge is 2.41. The molecule has 10 nitrogen and oxygen atoms in total. The van der Waals surface area contributed by atoms with Crippen molar-refractivity contribution in [3.63, 3.8) is 0 Å². The number of carbonyl (C=O) groups is 1. The third-order valence-corrected chi connectivity index (χ3v) is 8.00. The number of ether oxygens (including phenoxy) is 2. The van der Waals surface area contributed by atoms with E-state index in [1.807, 2.05) is 0 Å². The quantitative estimate of drug-likeness (QED) is 0.610. The minimum Gasteiger partial charge on any atom is -0.379 e. The monoisotopic (exact) mass is 453 g/mol. The zero-order valence-electron chi connectivity index (χ0n) is 17.7. The molecule has 3 saturated heterocycles. The Balaban J connectivity index is 1.59.